The number of rotatable bonds is 8. The van der Waals surface area contributed by atoms with E-state index in [-0.39, 0.29) is 4.90 Å². The van der Waals surface area contributed by atoms with Crippen molar-refractivity contribution in [2.24, 2.45) is 4.99 Å². The third-order valence-corrected chi connectivity index (χ3v) is 6.55. The van der Waals surface area contributed by atoms with Gasteiger partial charge in [0.25, 0.3) is 10.0 Å². The Kier molecular flexibility index (Phi) is 7.50. The number of aromatic nitrogens is 2. The number of aliphatic imine (C=N–C) groups is 1. The lowest BCUT2D eigenvalue weighted by atomic mass is 10.2. The van der Waals surface area contributed by atoms with Crippen molar-refractivity contribution in [2.75, 3.05) is 11.9 Å². The highest BCUT2D eigenvalue weighted by Gasteiger charge is 2.18. The molecule has 31 heavy (non-hydrogen) atoms. The quantitative estimate of drug-likeness (QED) is 0.581. The van der Waals surface area contributed by atoms with Crippen molar-refractivity contribution in [2.45, 2.75) is 51.0 Å². The van der Waals surface area contributed by atoms with Crippen LogP contribution in [0.2, 0.25) is 5.15 Å². The van der Waals surface area contributed by atoms with Gasteiger partial charge in [0, 0.05) is 36.8 Å². The molecule has 1 amide bonds. The molecule has 10 heteroatoms. The van der Waals surface area contributed by atoms with Crippen molar-refractivity contribution >= 4 is 45.1 Å². The summed E-state index contributed by atoms with van der Waals surface area (Å²) in [7, 11) is -3.75. The predicted molar refractivity (Wildman–Crippen MR) is 123 cm³/mol. The summed E-state index contributed by atoms with van der Waals surface area (Å²) in [6.07, 6.45) is 6.40. The number of hydrogen-bond acceptors (Lipinski definition) is 5. The number of benzene rings is 1. The third-order valence-electron chi connectivity index (χ3n) is 4.77. The Hall–Kier alpha value is -2.65. The number of sulfonamides is 1. The summed E-state index contributed by atoms with van der Waals surface area (Å²) in [6, 6.07) is 6.07. The molecule has 0 saturated carbocycles. The van der Waals surface area contributed by atoms with Crippen LogP contribution in [0.15, 0.2) is 40.2 Å². The smallest absolute Gasteiger partial charge is 0.262 e. The molecule has 0 aliphatic carbocycles. The van der Waals surface area contributed by atoms with Crippen LogP contribution in [0.1, 0.15) is 43.9 Å². The fourth-order valence-corrected chi connectivity index (χ4v) is 4.59. The van der Waals surface area contributed by atoms with Gasteiger partial charge in [0.15, 0.2) is 0 Å². The summed E-state index contributed by atoms with van der Waals surface area (Å²) in [6.45, 7) is 5.27. The van der Waals surface area contributed by atoms with Crippen LogP contribution in [0.25, 0.3) is 6.08 Å². The zero-order valence-electron chi connectivity index (χ0n) is 17.6. The minimum atomic E-state index is -3.75. The van der Waals surface area contributed by atoms with Gasteiger partial charge in [-0.25, -0.2) is 8.42 Å². The number of carbonyl (C=O) groups is 1. The first-order valence-corrected chi connectivity index (χ1v) is 12.0. The van der Waals surface area contributed by atoms with Crippen LogP contribution in [-0.4, -0.2) is 36.5 Å². The number of unbranched alkanes of at least 4 members (excludes halogenated alkanes) is 1. The van der Waals surface area contributed by atoms with Gasteiger partial charge in [-0.2, -0.15) is 5.10 Å². The number of halogens is 1. The Morgan fingerprint density at radius 3 is 2.87 bits per heavy atom. The van der Waals surface area contributed by atoms with Gasteiger partial charge in [0.1, 0.15) is 11.0 Å². The van der Waals surface area contributed by atoms with Gasteiger partial charge in [-0.15, -0.1) is 0 Å². The average Bonchev–Trinajstić information content (AvgIpc) is 3.32. The van der Waals surface area contributed by atoms with Crippen LogP contribution in [0, 0.1) is 6.92 Å². The molecule has 0 unspecified atom stereocenters. The lowest BCUT2D eigenvalue weighted by Gasteiger charge is -2.09. The lowest BCUT2D eigenvalue weighted by molar-refractivity contribution is -0.111. The second-order valence-electron chi connectivity index (χ2n) is 7.25. The lowest BCUT2D eigenvalue weighted by Crippen LogP contribution is -2.29. The molecular formula is C21H26ClN5O3S. The van der Waals surface area contributed by atoms with Crippen molar-refractivity contribution in [1.29, 1.82) is 0 Å². The Morgan fingerprint density at radius 1 is 1.35 bits per heavy atom. The summed E-state index contributed by atoms with van der Waals surface area (Å²) < 4.78 is 29.3. The second-order valence-corrected chi connectivity index (χ2v) is 9.29. The van der Waals surface area contributed by atoms with Crippen molar-refractivity contribution in [3.8, 4) is 0 Å². The van der Waals surface area contributed by atoms with E-state index in [4.69, 9.17) is 11.6 Å². The van der Waals surface area contributed by atoms with Gasteiger partial charge in [0.05, 0.1) is 10.6 Å². The topological polar surface area (TPSA) is 105 Å². The fraction of sp³-hybridized carbons (Fsp3) is 0.381. The maximum Gasteiger partial charge on any atom is 0.262 e. The predicted octanol–water partition coefficient (Wildman–Crippen LogP) is 3.77. The number of amidine groups is 1. The van der Waals surface area contributed by atoms with Crippen LogP contribution < -0.4 is 10.0 Å². The molecule has 0 radical (unpaired) electrons. The van der Waals surface area contributed by atoms with E-state index in [9.17, 15) is 13.2 Å². The van der Waals surface area contributed by atoms with Crippen LogP contribution in [0.3, 0.4) is 0 Å². The Morgan fingerprint density at radius 2 is 2.16 bits per heavy atom. The molecule has 0 spiro atoms. The van der Waals surface area contributed by atoms with Gasteiger partial charge in [-0.05, 0) is 44.0 Å². The van der Waals surface area contributed by atoms with Gasteiger partial charge in [0.2, 0.25) is 5.91 Å². The first-order valence-electron chi connectivity index (χ1n) is 10.2. The van der Waals surface area contributed by atoms with E-state index in [1.54, 1.807) is 22.9 Å². The summed E-state index contributed by atoms with van der Waals surface area (Å²) in [5, 5.41) is 7.58. The van der Waals surface area contributed by atoms with E-state index in [0.29, 0.717) is 35.2 Å². The molecular weight excluding hydrogens is 438 g/mol. The Labute approximate surface area is 187 Å². The van der Waals surface area contributed by atoms with Crippen LogP contribution >= 0.6 is 11.6 Å². The number of nitrogens with one attached hydrogen (secondary N) is 2. The molecule has 2 N–H and O–H groups in total. The molecule has 3 rings (SSSR count). The first kappa shape index (κ1) is 23.0. The summed E-state index contributed by atoms with van der Waals surface area (Å²) in [5.74, 6) is 0.0588. The van der Waals surface area contributed by atoms with Crippen molar-refractivity contribution in [1.82, 2.24) is 14.5 Å². The number of hydrogen-bond donors (Lipinski definition) is 2. The molecule has 2 aromatic rings. The molecule has 166 valence electrons. The van der Waals surface area contributed by atoms with Crippen molar-refractivity contribution < 1.29 is 13.2 Å². The van der Waals surface area contributed by atoms with E-state index in [1.165, 1.54) is 18.2 Å². The first-order chi connectivity index (χ1) is 14.8. The number of amides is 1. The molecule has 1 aliphatic heterocycles. The monoisotopic (exact) mass is 463 g/mol. The molecule has 0 fully saturated rings. The molecule has 0 saturated heterocycles. The van der Waals surface area contributed by atoms with Gasteiger partial charge in [-0.3, -0.25) is 19.2 Å². The highest BCUT2D eigenvalue weighted by Crippen LogP contribution is 2.22. The van der Waals surface area contributed by atoms with Crippen LogP contribution in [-0.2, 0) is 21.4 Å². The number of nitrogens with zero attached hydrogens (tertiary/aromatic N) is 3. The molecule has 1 aliphatic rings. The number of aryl methyl sites for hydroxylation is 2. The highest BCUT2D eigenvalue weighted by molar-refractivity contribution is 7.90. The fourth-order valence-electron chi connectivity index (χ4n) is 3.13. The van der Waals surface area contributed by atoms with E-state index < -0.39 is 15.9 Å². The summed E-state index contributed by atoms with van der Waals surface area (Å²) >= 11 is 6.38. The second kappa shape index (κ2) is 10.1. The van der Waals surface area contributed by atoms with E-state index in [0.717, 1.165) is 31.5 Å². The highest BCUT2D eigenvalue weighted by atomic mass is 35.5. The normalized spacial score (nSPS) is 14.1. The van der Waals surface area contributed by atoms with Crippen LogP contribution in [0.4, 0.5) is 5.69 Å². The van der Waals surface area contributed by atoms with E-state index in [2.05, 4.69) is 27.1 Å². The molecule has 1 aromatic heterocycles. The van der Waals surface area contributed by atoms with Crippen LogP contribution in [0.5, 0.6) is 0 Å². The maximum atomic E-state index is 12.5. The van der Waals surface area contributed by atoms with Gasteiger partial charge < -0.3 is 5.32 Å². The maximum absolute atomic E-state index is 12.5. The van der Waals surface area contributed by atoms with E-state index >= 15 is 0 Å². The molecule has 2 heterocycles. The largest absolute Gasteiger partial charge is 0.322 e. The zero-order valence-corrected chi connectivity index (χ0v) is 19.1. The molecule has 1 aromatic carbocycles. The summed E-state index contributed by atoms with van der Waals surface area (Å²) in [5.41, 5.74) is 1.79. The molecule has 0 atom stereocenters. The average molecular weight is 464 g/mol. The van der Waals surface area contributed by atoms with Crippen molar-refractivity contribution in [3.05, 3.63) is 46.8 Å². The number of anilines is 1. The minimum Gasteiger partial charge on any atom is -0.322 e. The minimum absolute atomic E-state index is 0.0555. The zero-order chi connectivity index (χ0) is 22.4. The van der Waals surface area contributed by atoms with Gasteiger partial charge >= 0.3 is 0 Å². The summed E-state index contributed by atoms with van der Waals surface area (Å²) in [4.78, 5) is 16.6. The van der Waals surface area contributed by atoms with Crippen molar-refractivity contribution in [3.63, 3.8) is 0 Å². The van der Waals surface area contributed by atoms with Gasteiger partial charge in [-0.1, -0.05) is 31.0 Å². The Bertz CT molecular complexity index is 1120. The third kappa shape index (κ3) is 5.95. The number of carbonyl (C=O) groups excluding carboxylic acids is 1. The van der Waals surface area contributed by atoms with E-state index in [1.807, 2.05) is 6.92 Å². The Balaban J connectivity index is 1.69. The SMILES string of the molecule is CCCCn1nc(C)c(/C=C/C(=O)Nc2cccc(S(=O)(=O)NC3=NCCC3)c2)c1Cl. The molecule has 0 bridgehead atoms. The molecule has 8 nitrogen and oxygen atoms in total. The standard InChI is InChI=1S/C21H26ClN5O3S/c1-3-4-13-27-21(22)18(15(2)25-27)10-11-20(28)24-16-7-5-8-17(14-16)31(29,30)26-19-9-6-12-23-19/h5,7-8,10-11,14H,3-4,6,9,12-13H2,1-2H3,(H,23,26)(H,24,28)/b11-10+.